The van der Waals surface area contributed by atoms with Crippen molar-refractivity contribution in [2.75, 3.05) is 32.8 Å². The molecule has 1 saturated heterocycles. The lowest BCUT2D eigenvalue weighted by Crippen LogP contribution is -2.33. The van der Waals surface area contributed by atoms with E-state index in [1.807, 2.05) is 6.20 Å². The summed E-state index contributed by atoms with van der Waals surface area (Å²) in [5.41, 5.74) is 10.5. The zero-order valence-electron chi connectivity index (χ0n) is 17.0. The van der Waals surface area contributed by atoms with E-state index in [-0.39, 0.29) is 0 Å². The van der Waals surface area contributed by atoms with E-state index in [4.69, 9.17) is 10.5 Å². The largest absolute Gasteiger partial charge is 0.493 e. The van der Waals surface area contributed by atoms with Gasteiger partial charge >= 0.3 is 0 Å². The standard InChI is InChI=1S/C24H32N4O/c25-9-1-13-29-24-5-3-20(19-2-4-23-21(14-19)8-12-28-23)15-22(24)17-27-16-18-6-10-26-11-7-18/h2-5,8,12,14-15,18,26-28H,1,6-7,9-11,13,16-17,25H2. The van der Waals surface area contributed by atoms with Crippen LogP contribution < -0.4 is 21.1 Å². The van der Waals surface area contributed by atoms with E-state index >= 15 is 0 Å². The number of fused-ring (bicyclic) bond motifs is 1. The highest BCUT2D eigenvalue weighted by atomic mass is 16.5. The molecule has 1 aromatic heterocycles. The normalized spacial score (nSPS) is 15.1. The molecule has 0 unspecified atom stereocenters. The molecule has 2 aromatic carbocycles. The Morgan fingerprint density at radius 2 is 1.86 bits per heavy atom. The van der Waals surface area contributed by atoms with Gasteiger partial charge in [0.05, 0.1) is 6.61 Å². The molecule has 0 atom stereocenters. The number of hydrogen-bond acceptors (Lipinski definition) is 4. The zero-order chi connectivity index (χ0) is 19.9. The maximum Gasteiger partial charge on any atom is 0.123 e. The Bertz CT molecular complexity index is 914. The number of piperidine rings is 1. The van der Waals surface area contributed by atoms with Crippen molar-refractivity contribution in [3.63, 3.8) is 0 Å². The average molecular weight is 393 g/mol. The van der Waals surface area contributed by atoms with Crippen molar-refractivity contribution in [3.8, 4) is 16.9 Å². The van der Waals surface area contributed by atoms with E-state index in [1.165, 1.54) is 40.4 Å². The first-order valence-electron chi connectivity index (χ1n) is 10.8. The third-order valence-corrected chi connectivity index (χ3v) is 5.76. The van der Waals surface area contributed by atoms with Crippen LogP contribution in [0.25, 0.3) is 22.0 Å². The summed E-state index contributed by atoms with van der Waals surface area (Å²) in [7, 11) is 0. The van der Waals surface area contributed by atoms with Gasteiger partial charge in [-0.3, -0.25) is 0 Å². The first kappa shape index (κ1) is 20.0. The number of hydrogen-bond donors (Lipinski definition) is 4. The van der Waals surface area contributed by atoms with Gasteiger partial charge in [-0.1, -0.05) is 12.1 Å². The Kier molecular flexibility index (Phi) is 6.83. The van der Waals surface area contributed by atoms with Crippen molar-refractivity contribution in [1.29, 1.82) is 0 Å². The van der Waals surface area contributed by atoms with Gasteiger partial charge in [0.25, 0.3) is 0 Å². The van der Waals surface area contributed by atoms with E-state index < -0.39 is 0 Å². The monoisotopic (exact) mass is 392 g/mol. The second-order valence-electron chi connectivity index (χ2n) is 7.92. The van der Waals surface area contributed by atoms with Crippen LogP contribution in [0.1, 0.15) is 24.8 Å². The number of aromatic amines is 1. The summed E-state index contributed by atoms with van der Waals surface area (Å²) in [6.07, 6.45) is 5.36. The lowest BCUT2D eigenvalue weighted by Gasteiger charge is -2.23. The van der Waals surface area contributed by atoms with E-state index in [0.717, 1.165) is 44.3 Å². The second kappa shape index (κ2) is 9.92. The summed E-state index contributed by atoms with van der Waals surface area (Å²) < 4.78 is 6.03. The minimum atomic E-state index is 0.651. The molecule has 0 saturated carbocycles. The number of nitrogens with one attached hydrogen (secondary N) is 3. The fraction of sp³-hybridized carbons (Fsp3) is 0.417. The Labute approximate surface area is 173 Å². The summed E-state index contributed by atoms with van der Waals surface area (Å²) in [5.74, 6) is 1.72. The Balaban J connectivity index is 1.50. The van der Waals surface area contributed by atoms with E-state index in [2.05, 4.69) is 58.1 Å². The molecule has 0 radical (unpaired) electrons. The van der Waals surface area contributed by atoms with Crippen LogP contribution in [0, 0.1) is 5.92 Å². The summed E-state index contributed by atoms with van der Waals surface area (Å²) in [5, 5.41) is 8.34. The van der Waals surface area contributed by atoms with Gasteiger partial charge in [-0.2, -0.15) is 0 Å². The zero-order valence-corrected chi connectivity index (χ0v) is 17.0. The van der Waals surface area contributed by atoms with Crippen molar-refractivity contribution in [1.82, 2.24) is 15.6 Å². The van der Waals surface area contributed by atoms with E-state index in [9.17, 15) is 0 Å². The highest BCUT2D eigenvalue weighted by molar-refractivity contribution is 5.85. The van der Waals surface area contributed by atoms with Crippen molar-refractivity contribution >= 4 is 10.9 Å². The molecule has 0 bridgehead atoms. The van der Waals surface area contributed by atoms with Crippen molar-refractivity contribution in [2.24, 2.45) is 11.7 Å². The van der Waals surface area contributed by atoms with Crippen LogP contribution in [0.5, 0.6) is 5.75 Å². The Hall–Kier alpha value is -2.34. The molecule has 0 spiro atoms. The molecular weight excluding hydrogens is 360 g/mol. The van der Waals surface area contributed by atoms with Gasteiger partial charge in [0.2, 0.25) is 0 Å². The molecule has 1 aliphatic rings. The molecule has 5 N–H and O–H groups in total. The van der Waals surface area contributed by atoms with E-state index in [1.54, 1.807) is 0 Å². The van der Waals surface area contributed by atoms with Crippen LogP contribution >= 0.6 is 0 Å². The Morgan fingerprint density at radius 1 is 1.03 bits per heavy atom. The van der Waals surface area contributed by atoms with Crippen molar-refractivity contribution in [3.05, 3.63) is 54.2 Å². The molecule has 1 fully saturated rings. The summed E-state index contributed by atoms with van der Waals surface area (Å²) in [6.45, 7) is 5.46. The second-order valence-corrected chi connectivity index (χ2v) is 7.92. The third-order valence-electron chi connectivity index (χ3n) is 5.76. The van der Waals surface area contributed by atoms with Crippen molar-refractivity contribution in [2.45, 2.75) is 25.8 Å². The van der Waals surface area contributed by atoms with E-state index in [0.29, 0.717) is 13.2 Å². The third kappa shape index (κ3) is 5.18. The topological polar surface area (TPSA) is 75.1 Å². The van der Waals surface area contributed by atoms with Gasteiger partial charge in [-0.05, 0) is 98.2 Å². The minimum absolute atomic E-state index is 0.651. The lowest BCUT2D eigenvalue weighted by molar-refractivity contribution is 0.308. The average Bonchev–Trinajstić information content (AvgIpc) is 3.23. The fourth-order valence-corrected chi connectivity index (χ4v) is 4.03. The number of benzene rings is 2. The highest BCUT2D eigenvalue weighted by Crippen LogP contribution is 2.29. The van der Waals surface area contributed by atoms with Gasteiger partial charge < -0.3 is 26.1 Å². The van der Waals surface area contributed by atoms with Crippen LogP contribution in [0.4, 0.5) is 0 Å². The molecule has 0 aliphatic carbocycles. The van der Waals surface area contributed by atoms with Gasteiger partial charge in [-0.15, -0.1) is 0 Å². The molecule has 29 heavy (non-hydrogen) atoms. The SMILES string of the molecule is NCCCOc1ccc(-c2ccc3[nH]ccc3c2)cc1CNCC1CCNCC1. The first-order valence-corrected chi connectivity index (χ1v) is 10.8. The summed E-state index contributed by atoms with van der Waals surface area (Å²) >= 11 is 0. The molecule has 5 nitrogen and oxygen atoms in total. The van der Waals surface area contributed by atoms with Gasteiger partial charge in [0.15, 0.2) is 0 Å². The maximum absolute atomic E-state index is 6.03. The predicted octanol–water partition coefficient (Wildman–Crippen LogP) is 3.65. The van der Waals surface area contributed by atoms with Crippen LogP contribution in [-0.2, 0) is 6.54 Å². The first-order chi connectivity index (χ1) is 14.3. The van der Waals surface area contributed by atoms with Crippen LogP contribution in [0.2, 0.25) is 0 Å². The fourth-order valence-electron chi connectivity index (χ4n) is 4.03. The number of H-pyrrole nitrogens is 1. The summed E-state index contributed by atoms with van der Waals surface area (Å²) in [4.78, 5) is 3.26. The Morgan fingerprint density at radius 3 is 2.72 bits per heavy atom. The molecule has 0 amide bonds. The number of ether oxygens (including phenoxy) is 1. The quantitative estimate of drug-likeness (QED) is 0.419. The van der Waals surface area contributed by atoms with Crippen molar-refractivity contribution < 1.29 is 4.74 Å². The summed E-state index contributed by atoms with van der Waals surface area (Å²) in [6, 6.07) is 15.2. The molecule has 2 heterocycles. The minimum Gasteiger partial charge on any atom is -0.493 e. The number of nitrogens with two attached hydrogens (primary N) is 1. The van der Waals surface area contributed by atoms with Crippen LogP contribution in [0.15, 0.2) is 48.7 Å². The number of aromatic nitrogens is 1. The predicted molar refractivity (Wildman–Crippen MR) is 120 cm³/mol. The van der Waals surface area contributed by atoms with Crippen LogP contribution in [-0.4, -0.2) is 37.8 Å². The molecule has 5 heteroatoms. The van der Waals surface area contributed by atoms with Gasteiger partial charge in [0, 0.05) is 23.8 Å². The smallest absolute Gasteiger partial charge is 0.123 e. The molecule has 4 rings (SSSR count). The van der Waals surface area contributed by atoms with Crippen LogP contribution in [0.3, 0.4) is 0 Å². The highest BCUT2D eigenvalue weighted by Gasteiger charge is 2.13. The lowest BCUT2D eigenvalue weighted by atomic mass is 9.98. The van der Waals surface area contributed by atoms with Gasteiger partial charge in [-0.25, -0.2) is 0 Å². The number of rotatable bonds is 9. The molecule has 1 aliphatic heterocycles. The molecule has 154 valence electrons. The molecular formula is C24H32N4O. The van der Waals surface area contributed by atoms with Gasteiger partial charge in [0.1, 0.15) is 5.75 Å². The molecule has 3 aromatic rings. The maximum atomic E-state index is 6.03.